The molecule has 8 heavy (non-hydrogen) atoms. The van der Waals surface area contributed by atoms with Gasteiger partial charge in [0.15, 0.2) is 0 Å². The quantitative estimate of drug-likeness (QED) is 0.591. The van der Waals surface area contributed by atoms with Crippen molar-refractivity contribution in [1.29, 1.82) is 0 Å². The Labute approximate surface area is 52.2 Å². The SMILES string of the molecule is CCSn1ccnn1. The van der Waals surface area contributed by atoms with Crippen LogP contribution in [0.5, 0.6) is 0 Å². The summed E-state index contributed by atoms with van der Waals surface area (Å²) >= 11 is 1.62. The van der Waals surface area contributed by atoms with E-state index in [1.807, 2.05) is 6.20 Å². The summed E-state index contributed by atoms with van der Waals surface area (Å²) in [4.78, 5) is 0. The van der Waals surface area contributed by atoms with Gasteiger partial charge in [0, 0.05) is 5.75 Å². The number of hydrogen-bond donors (Lipinski definition) is 0. The van der Waals surface area contributed by atoms with E-state index in [2.05, 4.69) is 17.2 Å². The Morgan fingerprint density at radius 3 is 3.12 bits per heavy atom. The Hall–Kier alpha value is -0.510. The molecule has 0 atom stereocenters. The van der Waals surface area contributed by atoms with Gasteiger partial charge >= 0.3 is 0 Å². The molecule has 0 amide bonds. The first-order chi connectivity index (χ1) is 3.93. The molecule has 0 unspecified atom stereocenters. The summed E-state index contributed by atoms with van der Waals surface area (Å²) in [5.74, 6) is 1.03. The van der Waals surface area contributed by atoms with Crippen LogP contribution in [0.1, 0.15) is 6.92 Å². The molecule has 0 N–H and O–H groups in total. The molecule has 1 rings (SSSR count). The molecule has 0 saturated carbocycles. The first-order valence-electron chi connectivity index (χ1n) is 2.43. The van der Waals surface area contributed by atoms with Gasteiger partial charge in [-0.05, 0) is 11.9 Å². The van der Waals surface area contributed by atoms with Crippen LogP contribution in [-0.4, -0.2) is 20.2 Å². The second-order valence-corrected chi connectivity index (χ2v) is 2.43. The van der Waals surface area contributed by atoms with Gasteiger partial charge in [0.25, 0.3) is 0 Å². The van der Waals surface area contributed by atoms with Crippen molar-refractivity contribution in [2.75, 3.05) is 5.75 Å². The zero-order valence-corrected chi connectivity index (χ0v) is 5.43. The highest BCUT2D eigenvalue weighted by atomic mass is 32.2. The van der Waals surface area contributed by atoms with E-state index in [1.54, 1.807) is 22.2 Å². The first-order valence-corrected chi connectivity index (χ1v) is 3.37. The van der Waals surface area contributed by atoms with Crippen LogP contribution in [0.25, 0.3) is 0 Å². The predicted octanol–water partition coefficient (Wildman–Crippen LogP) is 0.794. The molecule has 0 bridgehead atoms. The minimum Gasteiger partial charge on any atom is -0.194 e. The van der Waals surface area contributed by atoms with Gasteiger partial charge in [0.1, 0.15) is 0 Å². The van der Waals surface area contributed by atoms with Crippen LogP contribution in [-0.2, 0) is 0 Å². The van der Waals surface area contributed by atoms with Gasteiger partial charge in [-0.3, -0.25) is 0 Å². The monoisotopic (exact) mass is 129 g/mol. The van der Waals surface area contributed by atoms with Crippen molar-refractivity contribution >= 4 is 11.9 Å². The van der Waals surface area contributed by atoms with Crippen molar-refractivity contribution in [2.45, 2.75) is 6.92 Å². The third kappa shape index (κ3) is 1.23. The largest absolute Gasteiger partial charge is 0.194 e. The Kier molecular flexibility index (Phi) is 1.91. The van der Waals surface area contributed by atoms with Crippen LogP contribution in [0.15, 0.2) is 12.4 Å². The maximum Gasteiger partial charge on any atom is 0.0704 e. The molecule has 0 aliphatic rings. The van der Waals surface area contributed by atoms with Crippen LogP contribution in [0.3, 0.4) is 0 Å². The fraction of sp³-hybridized carbons (Fsp3) is 0.500. The van der Waals surface area contributed by atoms with E-state index >= 15 is 0 Å². The molecule has 0 aromatic carbocycles. The highest BCUT2D eigenvalue weighted by molar-refractivity contribution is 7.97. The van der Waals surface area contributed by atoms with Crippen LogP contribution < -0.4 is 0 Å². The van der Waals surface area contributed by atoms with Crippen molar-refractivity contribution in [3.05, 3.63) is 12.4 Å². The van der Waals surface area contributed by atoms with Gasteiger partial charge in [0.2, 0.25) is 0 Å². The zero-order chi connectivity index (χ0) is 5.82. The second kappa shape index (κ2) is 2.71. The average molecular weight is 129 g/mol. The van der Waals surface area contributed by atoms with E-state index in [9.17, 15) is 0 Å². The summed E-state index contributed by atoms with van der Waals surface area (Å²) < 4.78 is 1.74. The molecule has 44 valence electrons. The summed E-state index contributed by atoms with van der Waals surface area (Å²) in [5, 5.41) is 7.37. The number of rotatable bonds is 2. The van der Waals surface area contributed by atoms with E-state index in [-0.39, 0.29) is 0 Å². The number of hydrogen-bond acceptors (Lipinski definition) is 3. The molecule has 1 aromatic heterocycles. The summed E-state index contributed by atoms with van der Waals surface area (Å²) in [6.45, 7) is 2.08. The van der Waals surface area contributed by atoms with Crippen molar-refractivity contribution < 1.29 is 0 Å². The lowest BCUT2D eigenvalue weighted by Gasteiger charge is -1.89. The molecule has 0 aliphatic heterocycles. The average Bonchev–Trinajstić information content (AvgIpc) is 2.19. The highest BCUT2D eigenvalue weighted by Crippen LogP contribution is 1.98. The second-order valence-electron chi connectivity index (χ2n) is 1.22. The molecular formula is C4H7N3S. The van der Waals surface area contributed by atoms with Gasteiger partial charge in [-0.15, -0.1) is 5.10 Å². The van der Waals surface area contributed by atoms with E-state index in [0.717, 1.165) is 5.75 Å². The lowest BCUT2D eigenvalue weighted by Crippen LogP contribution is -1.86. The summed E-state index contributed by atoms with van der Waals surface area (Å²) in [5.41, 5.74) is 0. The van der Waals surface area contributed by atoms with Crippen LogP contribution in [0, 0.1) is 0 Å². The molecule has 1 aromatic rings. The number of nitrogens with zero attached hydrogens (tertiary/aromatic N) is 3. The lowest BCUT2D eigenvalue weighted by molar-refractivity contribution is 0.890. The van der Waals surface area contributed by atoms with E-state index in [1.165, 1.54) is 0 Å². The molecule has 0 radical (unpaired) electrons. The number of aromatic nitrogens is 3. The van der Waals surface area contributed by atoms with Gasteiger partial charge in [0.05, 0.1) is 12.4 Å². The van der Waals surface area contributed by atoms with Crippen molar-refractivity contribution in [3.8, 4) is 0 Å². The smallest absolute Gasteiger partial charge is 0.0704 e. The lowest BCUT2D eigenvalue weighted by atomic mass is 11.0. The maximum atomic E-state index is 3.74. The molecule has 0 fully saturated rings. The third-order valence-corrected chi connectivity index (χ3v) is 1.38. The van der Waals surface area contributed by atoms with Gasteiger partial charge < -0.3 is 0 Å². The Balaban J connectivity index is 2.50. The van der Waals surface area contributed by atoms with E-state index < -0.39 is 0 Å². The Morgan fingerprint density at radius 1 is 1.75 bits per heavy atom. The maximum absolute atomic E-state index is 3.74. The summed E-state index contributed by atoms with van der Waals surface area (Å²) in [6.07, 6.45) is 3.50. The fourth-order valence-corrected chi connectivity index (χ4v) is 0.897. The van der Waals surface area contributed by atoms with Crippen molar-refractivity contribution in [3.63, 3.8) is 0 Å². The highest BCUT2D eigenvalue weighted by Gasteiger charge is 1.84. The molecule has 0 saturated heterocycles. The molecule has 4 heteroatoms. The topological polar surface area (TPSA) is 30.7 Å². The zero-order valence-electron chi connectivity index (χ0n) is 4.61. The fourth-order valence-electron chi connectivity index (χ4n) is 0.398. The molecule has 0 aliphatic carbocycles. The van der Waals surface area contributed by atoms with Crippen LogP contribution in [0.4, 0.5) is 0 Å². The Bertz CT molecular complexity index is 137. The minimum atomic E-state index is 1.03. The van der Waals surface area contributed by atoms with Gasteiger partial charge in [-0.2, -0.15) is 4.09 Å². The van der Waals surface area contributed by atoms with Crippen LogP contribution >= 0.6 is 11.9 Å². The molecular weight excluding hydrogens is 122 g/mol. The van der Waals surface area contributed by atoms with Crippen molar-refractivity contribution in [2.24, 2.45) is 0 Å². The summed E-state index contributed by atoms with van der Waals surface area (Å²) in [6, 6.07) is 0. The standard InChI is InChI=1S/C4H7N3S/c1-2-8-7-4-3-5-6-7/h3-4H,2H2,1H3. The third-order valence-electron chi connectivity index (χ3n) is 0.662. The van der Waals surface area contributed by atoms with E-state index in [4.69, 9.17) is 0 Å². The molecule has 1 heterocycles. The van der Waals surface area contributed by atoms with Crippen LogP contribution in [0.2, 0.25) is 0 Å². The van der Waals surface area contributed by atoms with Gasteiger partial charge in [-0.25, -0.2) is 0 Å². The van der Waals surface area contributed by atoms with Crippen molar-refractivity contribution in [1.82, 2.24) is 14.4 Å². The molecule has 0 spiro atoms. The normalized spacial score (nSPS) is 9.62. The predicted molar refractivity (Wildman–Crippen MR) is 33.6 cm³/mol. The minimum absolute atomic E-state index is 1.03. The Morgan fingerprint density at radius 2 is 2.62 bits per heavy atom. The van der Waals surface area contributed by atoms with Gasteiger partial charge in [-0.1, -0.05) is 12.1 Å². The van der Waals surface area contributed by atoms with E-state index in [0.29, 0.717) is 0 Å². The first kappa shape index (κ1) is 5.62. The summed E-state index contributed by atoms with van der Waals surface area (Å²) in [7, 11) is 0. The molecule has 3 nitrogen and oxygen atoms in total.